The Balaban J connectivity index is 1.80. The summed E-state index contributed by atoms with van der Waals surface area (Å²) >= 11 is 5.78. The fraction of sp³-hybridized carbons (Fsp3) is 0.143. The largest absolute Gasteiger partial charge is 0.344 e. The number of amides is 1. The van der Waals surface area contributed by atoms with Gasteiger partial charge in [-0.3, -0.25) is 0 Å². The third-order valence-corrected chi connectivity index (χ3v) is 3.37. The molecule has 2 heterocycles. The second-order valence-electron chi connectivity index (χ2n) is 4.56. The van der Waals surface area contributed by atoms with E-state index in [0.717, 1.165) is 11.1 Å². The number of nitrogens with one attached hydrogen (secondary N) is 1. The number of halogens is 1. The molecule has 7 heteroatoms. The van der Waals surface area contributed by atoms with Gasteiger partial charge in [-0.1, -0.05) is 41.1 Å². The first-order valence-electron chi connectivity index (χ1n) is 6.36. The van der Waals surface area contributed by atoms with Crippen molar-refractivity contribution in [2.45, 2.75) is 13.5 Å². The van der Waals surface area contributed by atoms with Crippen LogP contribution in [0.15, 0.2) is 36.4 Å². The maximum absolute atomic E-state index is 12.2. The number of fused-ring (bicyclic) bond motifs is 1. The summed E-state index contributed by atoms with van der Waals surface area (Å²) in [4.78, 5) is 16.2. The molecule has 0 radical (unpaired) electrons. The van der Waals surface area contributed by atoms with E-state index in [9.17, 15) is 4.79 Å². The lowest BCUT2D eigenvalue weighted by molar-refractivity contribution is 0.239. The molecule has 106 valence electrons. The fourth-order valence-corrected chi connectivity index (χ4v) is 2.14. The van der Waals surface area contributed by atoms with Crippen molar-refractivity contribution in [3.05, 3.63) is 52.7 Å². The van der Waals surface area contributed by atoms with Gasteiger partial charge < -0.3 is 5.32 Å². The van der Waals surface area contributed by atoms with Crippen LogP contribution in [-0.4, -0.2) is 26.0 Å². The van der Waals surface area contributed by atoms with Gasteiger partial charge in [0.25, 0.3) is 0 Å². The molecule has 0 spiro atoms. The normalized spacial score (nSPS) is 10.8. The van der Waals surface area contributed by atoms with E-state index in [4.69, 9.17) is 11.6 Å². The van der Waals surface area contributed by atoms with Crippen LogP contribution in [0, 0.1) is 6.92 Å². The van der Waals surface area contributed by atoms with E-state index in [-0.39, 0.29) is 6.03 Å². The molecule has 2 aromatic heterocycles. The Morgan fingerprint density at radius 3 is 2.90 bits per heavy atom. The number of carbonyl (C=O) groups excluding carboxylic acids is 1. The number of carbonyl (C=O) groups is 1. The monoisotopic (exact) mass is 301 g/mol. The summed E-state index contributed by atoms with van der Waals surface area (Å²) in [5, 5.41) is 10.8. The van der Waals surface area contributed by atoms with Crippen molar-refractivity contribution < 1.29 is 4.79 Å². The Bertz CT molecular complexity index is 814. The summed E-state index contributed by atoms with van der Waals surface area (Å²) < 4.78 is 1.18. The standard InChI is InChI=1S/C14H12ClN5O/c1-9-4-2-3-5-10(9)8-16-14(21)20-11-6-7-12(15)17-13(11)18-19-20/h2-7H,8H2,1H3,(H,16,21). The molecule has 1 N–H and O–H groups in total. The molecule has 1 amide bonds. The number of aromatic nitrogens is 4. The van der Waals surface area contributed by atoms with Crippen LogP contribution in [0.25, 0.3) is 11.2 Å². The molecule has 0 saturated carbocycles. The molecule has 0 aliphatic heterocycles. The molecule has 0 bridgehead atoms. The zero-order chi connectivity index (χ0) is 14.8. The average Bonchev–Trinajstić information content (AvgIpc) is 2.89. The number of aryl methyl sites for hydroxylation is 1. The Hall–Kier alpha value is -2.47. The van der Waals surface area contributed by atoms with Crippen LogP contribution >= 0.6 is 11.6 Å². The summed E-state index contributed by atoms with van der Waals surface area (Å²) in [6.07, 6.45) is 0. The number of rotatable bonds is 2. The summed E-state index contributed by atoms with van der Waals surface area (Å²) in [6, 6.07) is 10.8. The lowest BCUT2D eigenvalue weighted by atomic mass is 10.1. The van der Waals surface area contributed by atoms with Crippen LogP contribution in [-0.2, 0) is 6.54 Å². The SMILES string of the molecule is Cc1ccccc1CNC(=O)n1nnc2nc(Cl)ccc21. The maximum Gasteiger partial charge on any atom is 0.344 e. The molecule has 0 aliphatic carbocycles. The number of benzene rings is 1. The Labute approximate surface area is 125 Å². The minimum Gasteiger partial charge on any atom is -0.332 e. The van der Waals surface area contributed by atoms with Gasteiger partial charge in [0.15, 0.2) is 0 Å². The van der Waals surface area contributed by atoms with Gasteiger partial charge in [-0.15, -0.1) is 5.10 Å². The first-order chi connectivity index (χ1) is 10.1. The van der Waals surface area contributed by atoms with Crippen LogP contribution in [0.3, 0.4) is 0 Å². The quantitative estimate of drug-likeness (QED) is 0.738. The number of nitrogens with zero attached hydrogens (tertiary/aromatic N) is 4. The minimum absolute atomic E-state index is 0.315. The molecule has 3 rings (SSSR count). The first kappa shape index (κ1) is 13.5. The smallest absolute Gasteiger partial charge is 0.332 e. The molecule has 0 saturated heterocycles. The number of hydrogen-bond acceptors (Lipinski definition) is 4. The molecular weight excluding hydrogens is 290 g/mol. The summed E-state index contributed by atoms with van der Waals surface area (Å²) in [5.41, 5.74) is 3.03. The summed E-state index contributed by atoms with van der Waals surface area (Å²) in [5.74, 6) is 0. The Morgan fingerprint density at radius 1 is 1.29 bits per heavy atom. The van der Waals surface area contributed by atoms with E-state index in [1.807, 2.05) is 31.2 Å². The molecular formula is C14H12ClN5O. The van der Waals surface area contributed by atoms with E-state index >= 15 is 0 Å². The van der Waals surface area contributed by atoms with Crippen LogP contribution in [0.2, 0.25) is 5.15 Å². The zero-order valence-electron chi connectivity index (χ0n) is 11.2. The molecule has 3 aromatic rings. The predicted molar refractivity (Wildman–Crippen MR) is 79.1 cm³/mol. The van der Waals surface area contributed by atoms with Crippen molar-refractivity contribution in [2.75, 3.05) is 0 Å². The van der Waals surface area contributed by atoms with E-state index in [0.29, 0.717) is 22.9 Å². The van der Waals surface area contributed by atoms with Gasteiger partial charge in [0.1, 0.15) is 10.7 Å². The third-order valence-electron chi connectivity index (χ3n) is 3.16. The van der Waals surface area contributed by atoms with Crippen molar-refractivity contribution in [1.29, 1.82) is 0 Å². The molecule has 0 atom stereocenters. The van der Waals surface area contributed by atoms with Gasteiger partial charge in [0.05, 0.1) is 0 Å². The van der Waals surface area contributed by atoms with Gasteiger partial charge >= 0.3 is 6.03 Å². The predicted octanol–water partition coefficient (Wildman–Crippen LogP) is 2.55. The van der Waals surface area contributed by atoms with Crippen LogP contribution in [0.5, 0.6) is 0 Å². The summed E-state index contributed by atoms with van der Waals surface area (Å²) in [7, 11) is 0. The number of pyridine rings is 1. The minimum atomic E-state index is -0.357. The molecule has 0 unspecified atom stereocenters. The van der Waals surface area contributed by atoms with E-state index in [2.05, 4.69) is 20.6 Å². The van der Waals surface area contributed by atoms with Gasteiger partial charge in [0, 0.05) is 6.54 Å². The molecule has 6 nitrogen and oxygen atoms in total. The highest BCUT2D eigenvalue weighted by Crippen LogP contribution is 2.12. The Morgan fingerprint density at radius 2 is 2.10 bits per heavy atom. The topological polar surface area (TPSA) is 72.7 Å². The molecule has 1 aromatic carbocycles. The van der Waals surface area contributed by atoms with Crippen molar-refractivity contribution in [2.24, 2.45) is 0 Å². The highest BCUT2D eigenvalue weighted by atomic mass is 35.5. The van der Waals surface area contributed by atoms with Gasteiger partial charge in [-0.05, 0) is 30.2 Å². The van der Waals surface area contributed by atoms with Crippen molar-refractivity contribution in [1.82, 2.24) is 25.3 Å². The summed E-state index contributed by atoms with van der Waals surface area (Å²) in [6.45, 7) is 2.42. The van der Waals surface area contributed by atoms with Crippen molar-refractivity contribution >= 4 is 28.8 Å². The molecule has 0 fully saturated rings. The highest BCUT2D eigenvalue weighted by molar-refractivity contribution is 6.29. The van der Waals surface area contributed by atoms with E-state index in [1.54, 1.807) is 12.1 Å². The fourth-order valence-electron chi connectivity index (χ4n) is 2.00. The zero-order valence-corrected chi connectivity index (χ0v) is 12.0. The van der Waals surface area contributed by atoms with Gasteiger partial charge in [0.2, 0.25) is 5.65 Å². The van der Waals surface area contributed by atoms with E-state index in [1.165, 1.54) is 4.68 Å². The molecule has 21 heavy (non-hydrogen) atoms. The van der Waals surface area contributed by atoms with Gasteiger partial charge in [-0.2, -0.15) is 4.68 Å². The van der Waals surface area contributed by atoms with Crippen molar-refractivity contribution in [3.8, 4) is 0 Å². The van der Waals surface area contributed by atoms with Crippen molar-refractivity contribution in [3.63, 3.8) is 0 Å². The Kier molecular flexibility index (Phi) is 3.53. The van der Waals surface area contributed by atoms with Gasteiger partial charge in [-0.25, -0.2) is 9.78 Å². The second-order valence-corrected chi connectivity index (χ2v) is 4.95. The van der Waals surface area contributed by atoms with Crippen LogP contribution < -0.4 is 5.32 Å². The lowest BCUT2D eigenvalue weighted by Crippen LogP contribution is -2.29. The lowest BCUT2D eigenvalue weighted by Gasteiger charge is -2.07. The maximum atomic E-state index is 12.2. The van der Waals surface area contributed by atoms with Crippen LogP contribution in [0.1, 0.15) is 11.1 Å². The number of hydrogen-bond donors (Lipinski definition) is 1. The second kappa shape index (κ2) is 5.49. The highest BCUT2D eigenvalue weighted by Gasteiger charge is 2.13. The average molecular weight is 302 g/mol. The third kappa shape index (κ3) is 2.71. The molecule has 0 aliphatic rings. The van der Waals surface area contributed by atoms with E-state index < -0.39 is 0 Å². The van der Waals surface area contributed by atoms with Crippen LogP contribution in [0.4, 0.5) is 4.79 Å². The first-order valence-corrected chi connectivity index (χ1v) is 6.73.